The molecule has 10 heavy (non-hydrogen) atoms. The highest BCUT2D eigenvalue weighted by molar-refractivity contribution is 6.47. The van der Waals surface area contributed by atoms with Crippen LogP contribution in [0.1, 0.15) is 26.2 Å². The first-order valence-corrected chi connectivity index (χ1v) is 3.53. The fourth-order valence-electron chi connectivity index (χ4n) is 0.727. The van der Waals surface area contributed by atoms with Crippen LogP contribution >= 0.6 is 0 Å². The second-order valence-corrected chi connectivity index (χ2v) is 2.36. The highest BCUT2D eigenvalue weighted by atomic mass is 16.4. The lowest BCUT2D eigenvalue weighted by atomic mass is 9.71. The number of aldehydes is 1. The quantitative estimate of drug-likeness (QED) is 0.428. The third kappa shape index (κ3) is 3.64. The molecule has 0 aromatic carbocycles. The second kappa shape index (κ2) is 5.44. The maximum absolute atomic E-state index is 10.1. The maximum Gasteiger partial charge on any atom is 0.462 e. The molecule has 0 saturated heterocycles. The van der Waals surface area contributed by atoms with Gasteiger partial charge in [0.25, 0.3) is 0 Å². The molecule has 0 bridgehead atoms. The molecule has 1 atom stereocenters. The molecule has 0 aliphatic rings. The monoisotopic (exact) mass is 144 g/mol. The van der Waals surface area contributed by atoms with Crippen LogP contribution in [0.3, 0.4) is 0 Å². The molecule has 0 aliphatic heterocycles. The Morgan fingerprint density at radius 3 is 2.50 bits per heavy atom. The molecule has 0 heterocycles. The number of hydrogen-bond acceptors (Lipinski definition) is 3. The number of hydrogen-bond donors (Lipinski definition) is 2. The fourth-order valence-corrected chi connectivity index (χ4v) is 0.727. The van der Waals surface area contributed by atoms with Crippen molar-refractivity contribution in [1.29, 1.82) is 0 Å². The molecular formula is C6H13BO3. The van der Waals surface area contributed by atoms with Crippen molar-refractivity contribution in [2.24, 2.45) is 0 Å². The summed E-state index contributed by atoms with van der Waals surface area (Å²) >= 11 is 0. The van der Waals surface area contributed by atoms with E-state index < -0.39 is 12.9 Å². The second-order valence-electron chi connectivity index (χ2n) is 2.36. The summed E-state index contributed by atoms with van der Waals surface area (Å²) in [7, 11) is -1.48. The van der Waals surface area contributed by atoms with Crippen LogP contribution in [0.25, 0.3) is 0 Å². The Hall–Kier alpha value is -0.345. The third-order valence-electron chi connectivity index (χ3n) is 1.45. The predicted octanol–water partition coefficient (Wildman–Crippen LogP) is 0.219. The van der Waals surface area contributed by atoms with E-state index in [2.05, 4.69) is 0 Å². The summed E-state index contributed by atoms with van der Waals surface area (Å²) in [4.78, 5) is 10.1. The van der Waals surface area contributed by atoms with Gasteiger partial charge < -0.3 is 14.8 Å². The molecule has 0 radical (unpaired) electrons. The summed E-state index contributed by atoms with van der Waals surface area (Å²) in [5.41, 5.74) is 0. The van der Waals surface area contributed by atoms with Gasteiger partial charge in [-0.25, -0.2) is 0 Å². The van der Waals surface area contributed by atoms with E-state index in [0.29, 0.717) is 12.7 Å². The first-order valence-electron chi connectivity index (χ1n) is 3.53. The average molecular weight is 144 g/mol. The molecule has 0 aromatic heterocycles. The molecular weight excluding hydrogens is 131 g/mol. The van der Waals surface area contributed by atoms with Gasteiger partial charge >= 0.3 is 7.12 Å². The first kappa shape index (κ1) is 9.65. The predicted molar refractivity (Wildman–Crippen MR) is 39.5 cm³/mol. The molecule has 2 N–H and O–H groups in total. The summed E-state index contributed by atoms with van der Waals surface area (Å²) in [5, 5.41) is 17.1. The van der Waals surface area contributed by atoms with Gasteiger partial charge in [0.2, 0.25) is 0 Å². The number of rotatable bonds is 5. The largest absolute Gasteiger partial charge is 0.462 e. The van der Waals surface area contributed by atoms with Crippen LogP contribution in [0.4, 0.5) is 0 Å². The smallest absolute Gasteiger partial charge is 0.427 e. The molecule has 3 nitrogen and oxygen atoms in total. The molecule has 0 rings (SSSR count). The van der Waals surface area contributed by atoms with E-state index in [1.54, 1.807) is 0 Å². The van der Waals surface area contributed by atoms with E-state index in [9.17, 15) is 4.79 Å². The van der Waals surface area contributed by atoms with Crippen LogP contribution in [0.2, 0.25) is 5.82 Å². The normalized spacial score (nSPS) is 12.7. The van der Waals surface area contributed by atoms with E-state index in [-0.39, 0.29) is 0 Å². The third-order valence-corrected chi connectivity index (χ3v) is 1.45. The van der Waals surface area contributed by atoms with E-state index in [1.807, 2.05) is 6.92 Å². The highest BCUT2D eigenvalue weighted by Gasteiger charge is 2.21. The van der Waals surface area contributed by atoms with Gasteiger partial charge in [0.15, 0.2) is 0 Å². The minimum Gasteiger partial charge on any atom is -0.427 e. The molecule has 0 amide bonds. The van der Waals surface area contributed by atoms with Crippen LogP contribution in [0.5, 0.6) is 0 Å². The first-order chi connectivity index (χ1) is 4.72. The van der Waals surface area contributed by atoms with Crippen LogP contribution in [-0.4, -0.2) is 23.5 Å². The van der Waals surface area contributed by atoms with Crippen molar-refractivity contribution < 1.29 is 14.8 Å². The lowest BCUT2D eigenvalue weighted by Gasteiger charge is -2.05. The van der Waals surface area contributed by atoms with Gasteiger partial charge in [0.05, 0.1) is 0 Å². The van der Waals surface area contributed by atoms with Crippen LogP contribution < -0.4 is 0 Å². The average Bonchev–Trinajstić information content (AvgIpc) is 1.89. The highest BCUT2D eigenvalue weighted by Crippen LogP contribution is 2.12. The van der Waals surface area contributed by atoms with Crippen molar-refractivity contribution in [1.82, 2.24) is 0 Å². The van der Waals surface area contributed by atoms with Crippen molar-refractivity contribution in [2.75, 3.05) is 0 Å². The Morgan fingerprint density at radius 2 is 2.20 bits per heavy atom. The summed E-state index contributed by atoms with van der Waals surface area (Å²) in [6.07, 6.45) is 3.00. The topological polar surface area (TPSA) is 57.5 Å². The summed E-state index contributed by atoms with van der Waals surface area (Å²) in [6, 6.07) is 0. The van der Waals surface area contributed by atoms with Gasteiger partial charge in [-0.1, -0.05) is 19.8 Å². The lowest BCUT2D eigenvalue weighted by Crippen LogP contribution is -2.21. The molecule has 58 valence electrons. The molecule has 4 heteroatoms. The SMILES string of the molecule is CCCCC(C=O)B(O)O. The maximum atomic E-state index is 10.1. The molecule has 1 unspecified atom stereocenters. The molecule has 0 saturated carbocycles. The van der Waals surface area contributed by atoms with Crippen molar-refractivity contribution in [3.05, 3.63) is 0 Å². The van der Waals surface area contributed by atoms with Gasteiger partial charge in [0.1, 0.15) is 6.29 Å². The zero-order valence-corrected chi connectivity index (χ0v) is 6.16. The van der Waals surface area contributed by atoms with E-state index in [4.69, 9.17) is 10.0 Å². The van der Waals surface area contributed by atoms with Gasteiger partial charge in [-0.2, -0.15) is 0 Å². The number of carbonyl (C=O) groups excluding carboxylic acids is 1. The Morgan fingerprint density at radius 1 is 1.60 bits per heavy atom. The van der Waals surface area contributed by atoms with Crippen LogP contribution in [-0.2, 0) is 4.79 Å². The number of carbonyl (C=O) groups is 1. The van der Waals surface area contributed by atoms with Gasteiger partial charge in [-0.3, -0.25) is 0 Å². The van der Waals surface area contributed by atoms with E-state index in [0.717, 1.165) is 12.8 Å². The standard InChI is InChI=1S/C6H13BO3/c1-2-3-4-6(5-8)7(9)10/h5-6,9-10H,2-4H2,1H3. The molecule has 0 spiro atoms. The minimum atomic E-state index is -1.48. The van der Waals surface area contributed by atoms with Gasteiger partial charge in [-0.15, -0.1) is 0 Å². The number of unbranched alkanes of at least 4 members (excludes halogenated alkanes) is 1. The van der Waals surface area contributed by atoms with Crippen molar-refractivity contribution in [2.45, 2.75) is 32.0 Å². The van der Waals surface area contributed by atoms with Gasteiger partial charge in [0, 0.05) is 5.82 Å². The minimum absolute atomic E-state index is 0.567. The molecule has 0 aromatic rings. The Balaban J connectivity index is 3.50. The Labute approximate surface area is 61.2 Å². The summed E-state index contributed by atoms with van der Waals surface area (Å²) in [6.45, 7) is 1.99. The van der Waals surface area contributed by atoms with Crippen molar-refractivity contribution >= 4 is 13.4 Å². The molecule has 0 fully saturated rings. The zero-order chi connectivity index (χ0) is 7.98. The van der Waals surface area contributed by atoms with Gasteiger partial charge in [-0.05, 0) is 6.42 Å². The molecule has 0 aliphatic carbocycles. The van der Waals surface area contributed by atoms with Crippen molar-refractivity contribution in [3.8, 4) is 0 Å². The van der Waals surface area contributed by atoms with Crippen LogP contribution in [0, 0.1) is 0 Å². The Bertz CT molecular complexity index is 95.0. The lowest BCUT2D eigenvalue weighted by molar-refractivity contribution is -0.108. The Kier molecular flexibility index (Phi) is 5.25. The zero-order valence-electron chi connectivity index (χ0n) is 6.16. The van der Waals surface area contributed by atoms with Crippen LogP contribution in [0.15, 0.2) is 0 Å². The van der Waals surface area contributed by atoms with Crippen molar-refractivity contribution in [3.63, 3.8) is 0 Å². The summed E-state index contributed by atoms with van der Waals surface area (Å²) in [5.74, 6) is -0.597. The van der Waals surface area contributed by atoms with E-state index in [1.165, 1.54) is 0 Å². The summed E-state index contributed by atoms with van der Waals surface area (Å²) < 4.78 is 0. The van der Waals surface area contributed by atoms with E-state index >= 15 is 0 Å². The fraction of sp³-hybridized carbons (Fsp3) is 0.833.